The number of para-hydroxylation sites is 1. The van der Waals surface area contributed by atoms with Gasteiger partial charge in [0.15, 0.2) is 0 Å². The minimum Gasteiger partial charge on any atom is -0.508 e. The average Bonchev–Trinajstić information content (AvgIpc) is 3.02. The molecule has 1 aliphatic heterocycles. The van der Waals surface area contributed by atoms with Crippen molar-refractivity contribution < 1.29 is 14.7 Å². The zero-order chi connectivity index (χ0) is 16.9. The van der Waals surface area contributed by atoms with E-state index in [0.717, 1.165) is 17.7 Å². The number of nitrogens with one attached hydrogen (secondary N) is 1. The lowest BCUT2D eigenvalue weighted by Gasteiger charge is -2.17. The summed E-state index contributed by atoms with van der Waals surface area (Å²) in [5.74, 6) is -0.0689. The minimum atomic E-state index is -0.167. The predicted octanol–water partition coefficient (Wildman–Crippen LogP) is 2.03. The van der Waals surface area contributed by atoms with Crippen molar-refractivity contribution in [3.05, 3.63) is 59.7 Å². The van der Waals surface area contributed by atoms with Crippen LogP contribution in [-0.2, 0) is 22.4 Å². The van der Waals surface area contributed by atoms with Crippen LogP contribution < -0.4 is 10.2 Å². The molecule has 0 bridgehead atoms. The molecule has 1 aliphatic rings. The summed E-state index contributed by atoms with van der Waals surface area (Å²) in [6, 6.07) is 14.7. The van der Waals surface area contributed by atoms with Crippen LogP contribution in [0.2, 0.25) is 0 Å². The largest absolute Gasteiger partial charge is 0.508 e. The molecule has 2 amide bonds. The van der Waals surface area contributed by atoms with E-state index in [4.69, 9.17) is 0 Å². The van der Waals surface area contributed by atoms with Crippen LogP contribution >= 0.6 is 0 Å². The number of phenols is 1. The quantitative estimate of drug-likeness (QED) is 0.884. The first kappa shape index (κ1) is 16.1. The zero-order valence-corrected chi connectivity index (χ0v) is 13.4. The van der Waals surface area contributed by atoms with E-state index in [1.165, 1.54) is 5.56 Å². The number of carbonyl (C=O) groups excluding carboxylic acids is 2. The van der Waals surface area contributed by atoms with Crippen LogP contribution in [0.3, 0.4) is 0 Å². The van der Waals surface area contributed by atoms with Gasteiger partial charge in [0.2, 0.25) is 11.8 Å². The lowest BCUT2D eigenvalue weighted by Crippen LogP contribution is -2.39. The van der Waals surface area contributed by atoms with Crippen LogP contribution in [0.5, 0.6) is 5.75 Å². The Kier molecular flexibility index (Phi) is 4.79. The van der Waals surface area contributed by atoms with Crippen molar-refractivity contribution in [3.8, 4) is 5.75 Å². The summed E-state index contributed by atoms with van der Waals surface area (Å²) in [4.78, 5) is 26.0. The van der Waals surface area contributed by atoms with Crippen molar-refractivity contribution in [3.63, 3.8) is 0 Å². The average molecular weight is 324 g/mol. The van der Waals surface area contributed by atoms with Gasteiger partial charge in [0.25, 0.3) is 0 Å². The molecule has 0 saturated heterocycles. The van der Waals surface area contributed by atoms with Crippen molar-refractivity contribution in [1.82, 2.24) is 5.32 Å². The summed E-state index contributed by atoms with van der Waals surface area (Å²) in [7, 11) is 0. The van der Waals surface area contributed by atoms with Gasteiger partial charge in [0.05, 0.1) is 6.54 Å². The molecule has 0 fully saturated rings. The number of benzene rings is 2. The van der Waals surface area contributed by atoms with Gasteiger partial charge in [-0.1, -0.05) is 30.3 Å². The van der Waals surface area contributed by atoms with E-state index in [0.29, 0.717) is 13.0 Å². The van der Waals surface area contributed by atoms with Crippen LogP contribution in [0.1, 0.15) is 17.5 Å². The third-order valence-electron chi connectivity index (χ3n) is 4.18. The molecule has 0 unspecified atom stereocenters. The monoisotopic (exact) mass is 324 g/mol. The molecule has 0 spiro atoms. The van der Waals surface area contributed by atoms with Gasteiger partial charge in [-0.05, 0) is 42.2 Å². The summed E-state index contributed by atoms with van der Waals surface area (Å²) in [5.41, 5.74) is 3.00. The molecule has 2 N–H and O–H groups in total. The van der Waals surface area contributed by atoms with E-state index in [-0.39, 0.29) is 30.5 Å². The molecular formula is C19H20N2O3. The third-order valence-corrected chi connectivity index (χ3v) is 4.18. The summed E-state index contributed by atoms with van der Waals surface area (Å²) >= 11 is 0. The normalized spacial score (nSPS) is 12.8. The van der Waals surface area contributed by atoms with Gasteiger partial charge < -0.3 is 15.3 Å². The molecule has 0 aromatic heterocycles. The van der Waals surface area contributed by atoms with Gasteiger partial charge in [0.1, 0.15) is 5.75 Å². The lowest BCUT2D eigenvalue weighted by atomic mass is 10.1. The highest BCUT2D eigenvalue weighted by Gasteiger charge is 2.23. The number of nitrogens with zero attached hydrogens (tertiary/aromatic N) is 1. The van der Waals surface area contributed by atoms with Crippen LogP contribution in [0, 0.1) is 0 Å². The van der Waals surface area contributed by atoms with Crippen molar-refractivity contribution in [2.45, 2.75) is 19.3 Å². The Morgan fingerprint density at radius 1 is 1.12 bits per heavy atom. The SMILES string of the molecule is O=C(CCc1cccc(O)c1)NCC(=O)N1CCc2ccccc21. The second kappa shape index (κ2) is 7.17. The van der Waals surface area contributed by atoms with Gasteiger partial charge in [-0.2, -0.15) is 0 Å². The van der Waals surface area contributed by atoms with Crippen molar-refractivity contribution >= 4 is 17.5 Å². The second-order valence-electron chi connectivity index (χ2n) is 5.87. The molecule has 2 aromatic carbocycles. The maximum absolute atomic E-state index is 12.3. The minimum absolute atomic E-state index is 0.00715. The molecule has 24 heavy (non-hydrogen) atoms. The Balaban J connectivity index is 1.47. The number of hydrogen-bond acceptors (Lipinski definition) is 3. The van der Waals surface area contributed by atoms with Gasteiger partial charge in [-0.25, -0.2) is 0 Å². The first-order valence-electron chi connectivity index (χ1n) is 8.06. The van der Waals surface area contributed by atoms with Crippen LogP contribution in [0.4, 0.5) is 5.69 Å². The zero-order valence-electron chi connectivity index (χ0n) is 13.4. The highest BCUT2D eigenvalue weighted by Crippen LogP contribution is 2.27. The number of hydrogen-bond donors (Lipinski definition) is 2. The topological polar surface area (TPSA) is 69.6 Å². The van der Waals surface area contributed by atoms with E-state index in [2.05, 4.69) is 5.32 Å². The fourth-order valence-corrected chi connectivity index (χ4v) is 2.93. The van der Waals surface area contributed by atoms with E-state index in [1.54, 1.807) is 23.1 Å². The molecule has 5 nitrogen and oxygen atoms in total. The van der Waals surface area contributed by atoms with E-state index in [9.17, 15) is 14.7 Å². The van der Waals surface area contributed by atoms with Crippen molar-refractivity contribution in [2.75, 3.05) is 18.0 Å². The Morgan fingerprint density at radius 3 is 2.79 bits per heavy atom. The van der Waals surface area contributed by atoms with Crippen LogP contribution in [-0.4, -0.2) is 30.0 Å². The molecule has 0 atom stereocenters. The summed E-state index contributed by atoms with van der Waals surface area (Å²) in [5, 5.41) is 12.1. The fraction of sp³-hybridized carbons (Fsp3) is 0.263. The Labute approximate surface area is 140 Å². The highest BCUT2D eigenvalue weighted by atomic mass is 16.3. The van der Waals surface area contributed by atoms with Gasteiger partial charge >= 0.3 is 0 Å². The van der Waals surface area contributed by atoms with E-state index in [1.807, 2.05) is 30.3 Å². The molecule has 0 saturated carbocycles. The smallest absolute Gasteiger partial charge is 0.246 e. The molecule has 0 radical (unpaired) electrons. The molecule has 124 valence electrons. The molecule has 2 aromatic rings. The summed E-state index contributed by atoms with van der Waals surface area (Å²) in [6.45, 7) is 0.671. The van der Waals surface area contributed by atoms with Gasteiger partial charge in [-0.3, -0.25) is 9.59 Å². The number of aromatic hydroxyl groups is 1. The highest BCUT2D eigenvalue weighted by molar-refractivity contribution is 5.98. The molecule has 0 aliphatic carbocycles. The van der Waals surface area contributed by atoms with Gasteiger partial charge in [-0.15, -0.1) is 0 Å². The standard InChI is InChI=1S/C19H20N2O3/c22-16-6-3-4-14(12-16)8-9-18(23)20-13-19(24)21-11-10-15-5-1-2-7-17(15)21/h1-7,12,22H,8-11,13H2,(H,20,23). The number of phenolic OH excluding ortho intramolecular Hbond substituents is 1. The number of amides is 2. The molecule has 3 rings (SSSR count). The maximum Gasteiger partial charge on any atom is 0.246 e. The molecule has 1 heterocycles. The molecular weight excluding hydrogens is 304 g/mol. The van der Waals surface area contributed by atoms with E-state index < -0.39 is 0 Å². The predicted molar refractivity (Wildman–Crippen MR) is 91.9 cm³/mol. The number of rotatable bonds is 5. The Morgan fingerprint density at radius 2 is 1.96 bits per heavy atom. The van der Waals surface area contributed by atoms with Crippen molar-refractivity contribution in [2.24, 2.45) is 0 Å². The Bertz CT molecular complexity index is 758. The van der Waals surface area contributed by atoms with E-state index >= 15 is 0 Å². The number of anilines is 1. The first-order valence-corrected chi connectivity index (χ1v) is 8.06. The van der Waals surface area contributed by atoms with Crippen LogP contribution in [0.25, 0.3) is 0 Å². The van der Waals surface area contributed by atoms with Gasteiger partial charge in [0, 0.05) is 18.7 Å². The number of fused-ring (bicyclic) bond motifs is 1. The summed E-state index contributed by atoms with van der Waals surface area (Å²) < 4.78 is 0. The third kappa shape index (κ3) is 3.74. The molecule has 5 heteroatoms. The first-order chi connectivity index (χ1) is 11.6. The Hall–Kier alpha value is -2.82. The fourth-order valence-electron chi connectivity index (χ4n) is 2.93. The number of carbonyl (C=O) groups is 2. The second-order valence-corrected chi connectivity index (χ2v) is 5.87. The van der Waals surface area contributed by atoms with Crippen LogP contribution in [0.15, 0.2) is 48.5 Å². The lowest BCUT2D eigenvalue weighted by molar-refractivity contribution is -0.124. The number of aryl methyl sites for hydroxylation is 1. The summed E-state index contributed by atoms with van der Waals surface area (Å²) in [6.07, 6.45) is 1.67. The van der Waals surface area contributed by atoms with Crippen molar-refractivity contribution in [1.29, 1.82) is 0 Å². The maximum atomic E-state index is 12.3.